The molecule has 16 heavy (non-hydrogen) atoms. The number of aliphatic carboxylic acids is 1. The summed E-state index contributed by atoms with van der Waals surface area (Å²) >= 11 is 0. The van der Waals surface area contributed by atoms with Crippen molar-refractivity contribution in [2.45, 2.75) is 38.1 Å². The van der Waals surface area contributed by atoms with E-state index in [1.54, 1.807) is 0 Å². The van der Waals surface area contributed by atoms with Crippen LogP contribution >= 0.6 is 0 Å². The van der Waals surface area contributed by atoms with Crippen molar-refractivity contribution in [2.24, 2.45) is 0 Å². The first-order valence-corrected chi connectivity index (χ1v) is 5.46. The lowest BCUT2D eigenvalue weighted by Crippen LogP contribution is -2.29. The number of carbonyl (C=O) groups is 2. The number of esters is 1. The molecule has 0 spiro atoms. The van der Waals surface area contributed by atoms with Crippen LogP contribution < -0.4 is 0 Å². The van der Waals surface area contributed by atoms with Gasteiger partial charge >= 0.3 is 11.9 Å². The summed E-state index contributed by atoms with van der Waals surface area (Å²) in [4.78, 5) is 21.5. The fraction of sp³-hybridized carbons (Fsp3) is 0.818. The predicted octanol–water partition coefficient (Wildman–Crippen LogP) is 1.12. The SMILES string of the molecule is CN(C)C1CCCCC1.COC(=O)C(=O)O. The Morgan fingerprint density at radius 2 is 1.69 bits per heavy atom. The zero-order valence-electron chi connectivity index (χ0n) is 10.2. The van der Waals surface area contributed by atoms with Crippen molar-refractivity contribution in [3.63, 3.8) is 0 Å². The number of methoxy groups -OCH3 is 1. The summed E-state index contributed by atoms with van der Waals surface area (Å²) in [6.07, 6.45) is 7.20. The van der Waals surface area contributed by atoms with E-state index in [1.165, 1.54) is 32.1 Å². The smallest absolute Gasteiger partial charge is 0.417 e. The Morgan fingerprint density at radius 1 is 1.19 bits per heavy atom. The molecule has 0 radical (unpaired) electrons. The number of hydrogen-bond acceptors (Lipinski definition) is 4. The minimum absolute atomic E-state index is 0.888. The van der Waals surface area contributed by atoms with Crippen molar-refractivity contribution in [1.82, 2.24) is 4.90 Å². The molecule has 1 rings (SSSR count). The lowest BCUT2D eigenvalue weighted by molar-refractivity contribution is -0.161. The highest BCUT2D eigenvalue weighted by Gasteiger charge is 2.13. The topological polar surface area (TPSA) is 66.8 Å². The third kappa shape index (κ3) is 6.40. The second-order valence-electron chi connectivity index (χ2n) is 4.05. The van der Waals surface area contributed by atoms with Gasteiger partial charge in [-0.3, -0.25) is 0 Å². The van der Waals surface area contributed by atoms with Gasteiger partial charge in [-0.1, -0.05) is 19.3 Å². The summed E-state index contributed by atoms with van der Waals surface area (Å²) in [5.74, 6) is -2.80. The van der Waals surface area contributed by atoms with E-state index in [2.05, 4.69) is 23.7 Å². The van der Waals surface area contributed by atoms with Gasteiger partial charge in [0.05, 0.1) is 7.11 Å². The molecule has 94 valence electrons. The van der Waals surface area contributed by atoms with Crippen LogP contribution in [0.1, 0.15) is 32.1 Å². The van der Waals surface area contributed by atoms with Crippen molar-refractivity contribution < 1.29 is 19.4 Å². The highest BCUT2D eigenvalue weighted by atomic mass is 16.5. The molecule has 0 aliphatic heterocycles. The molecular weight excluding hydrogens is 210 g/mol. The van der Waals surface area contributed by atoms with E-state index in [4.69, 9.17) is 5.11 Å². The zero-order valence-corrected chi connectivity index (χ0v) is 10.2. The first-order valence-electron chi connectivity index (χ1n) is 5.46. The average Bonchev–Trinajstić information content (AvgIpc) is 2.29. The van der Waals surface area contributed by atoms with Crippen LogP contribution in [0.25, 0.3) is 0 Å². The molecule has 1 saturated carbocycles. The van der Waals surface area contributed by atoms with Crippen LogP contribution in [0.3, 0.4) is 0 Å². The molecule has 0 saturated heterocycles. The van der Waals surface area contributed by atoms with Crippen LogP contribution in [0.4, 0.5) is 0 Å². The van der Waals surface area contributed by atoms with Crippen molar-refractivity contribution in [3.05, 3.63) is 0 Å². The highest BCUT2D eigenvalue weighted by Crippen LogP contribution is 2.20. The van der Waals surface area contributed by atoms with Gasteiger partial charge in [0.1, 0.15) is 0 Å². The number of rotatable bonds is 1. The van der Waals surface area contributed by atoms with Crippen molar-refractivity contribution >= 4 is 11.9 Å². The normalized spacial score (nSPS) is 16.2. The number of carbonyl (C=O) groups excluding carboxylic acids is 1. The van der Waals surface area contributed by atoms with Gasteiger partial charge in [-0.15, -0.1) is 0 Å². The molecule has 0 heterocycles. The van der Waals surface area contributed by atoms with Crippen LogP contribution in [-0.4, -0.2) is 49.2 Å². The van der Waals surface area contributed by atoms with Gasteiger partial charge < -0.3 is 14.7 Å². The molecule has 5 nitrogen and oxygen atoms in total. The molecule has 1 aliphatic carbocycles. The van der Waals surface area contributed by atoms with Crippen LogP contribution in [0.5, 0.6) is 0 Å². The fourth-order valence-corrected chi connectivity index (χ4v) is 1.68. The number of carboxylic acids is 1. The van der Waals surface area contributed by atoms with Gasteiger partial charge in [0.25, 0.3) is 0 Å². The summed E-state index contributed by atoms with van der Waals surface area (Å²) in [5.41, 5.74) is 0. The Labute approximate surface area is 96.4 Å². The molecule has 0 aromatic carbocycles. The molecule has 1 N–H and O–H groups in total. The van der Waals surface area contributed by atoms with E-state index in [0.717, 1.165) is 13.2 Å². The molecule has 5 heteroatoms. The Morgan fingerprint density at radius 3 is 1.88 bits per heavy atom. The molecule has 0 aromatic rings. The number of carboxylic acid groups (broad SMARTS) is 1. The standard InChI is InChI=1S/C8H17N.C3H4O4/c1-9(2)8-6-4-3-5-7-8;1-7-3(6)2(4)5/h8H,3-7H2,1-2H3;1H3,(H,4,5). The molecule has 0 bridgehead atoms. The van der Waals surface area contributed by atoms with Gasteiger partial charge in [-0.05, 0) is 26.9 Å². The monoisotopic (exact) mass is 231 g/mol. The fourth-order valence-electron chi connectivity index (χ4n) is 1.68. The second kappa shape index (κ2) is 8.10. The number of hydrogen-bond donors (Lipinski definition) is 1. The Balaban J connectivity index is 0.000000293. The minimum atomic E-state index is -1.57. The van der Waals surface area contributed by atoms with Crippen molar-refractivity contribution in [2.75, 3.05) is 21.2 Å². The van der Waals surface area contributed by atoms with E-state index < -0.39 is 11.9 Å². The van der Waals surface area contributed by atoms with Gasteiger partial charge in [0.15, 0.2) is 0 Å². The molecular formula is C11H21NO4. The predicted molar refractivity (Wildman–Crippen MR) is 60.2 cm³/mol. The van der Waals surface area contributed by atoms with Gasteiger partial charge in [-0.2, -0.15) is 0 Å². The number of ether oxygens (including phenoxy) is 1. The van der Waals surface area contributed by atoms with Crippen LogP contribution in [0.15, 0.2) is 0 Å². The summed E-state index contributed by atoms with van der Waals surface area (Å²) in [5, 5.41) is 7.71. The lowest BCUT2D eigenvalue weighted by atomic mass is 9.95. The molecule has 0 unspecified atom stereocenters. The largest absolute Gasteiger partial charge is 0.473 e. The summed E-state index contributed by atoms with van der Waals surface area (Å²) in [6, 6.07) is 0.888. The van der Waals surface area contributed by atoms with E-state index in [-0.39, 0.29) is 0 Å². The Kier molecular flexibility index (Phi) is 7.54. The molecule has 0 amide bonds. The first kappa shape index (κ1) is 14.9. The lowest BCUT2D eigenvalue weighted by Gasteiger charge is -2.27. The maximum Gasteiger partial charge on any atom is 0.417 e. The number of nitrogens with zero attached hydrogens (tertiary/aromatic N) is 1. The van der Waals surface area contributed by atoms with Crippen LogP contribution in [0.2, 0.25) is 0 Å². The minimum Gasteiger partial charge on any atom is -0.473 e. The van der Waals surface area contributed by atoms with Crippen molar-refractivity contribution in [3.8, 4) is 0 Å². The van der Waals surface area contributed by atoms with Crippen LogP contribution in [0, 0.1) is 0 Å². The van der Waals surface area contributed by atoms with E-state index >= 15 is 0 Å². The van der Waals surface area contributed by atoms with Crippen LogP contribution in [-0.2, 0) is 14.3 Å². The average molecular weight is 231 g/mol. The Hall–Kier alpha value is -1.10. The molecule has 1 fully saturated rings. The molecule has 1 aliphatic rings. The third-order valence-electron chi connectivity index (χ3n) is 2.67. The quantitative estimate of drug-likeness (QED) is 0.541. The van der Waals surface area contributed by atoms with E-state index in [1.807, 2.05) is 0 Å². The van der Waals surface area contributed by atoms with E-state index in [0.29, 0.717) is 0 Å². The first-order chi connectivity index (χ1) is 7.49. The van der Waals surface area contributed by atoms with Gasteiger partial charge in [-0.25, -0.2) is 9.59 Å². The highest BCUT2D eigenvalue weighted by molar-refractivity contribution is 6.28. The summed E-state index contributed by atoms with van der Waals surface area (Å²) in [6.45, 7) is 0. The van der Waals surface area contributed by atoms with E-state index in [9.17, 15) is 9.59 Å². The molecule has 0 aromatic heterocycles. The third-order valence-corrected chi connectivity index (χ3v) is 2.67. The maximum absolute atomic E-state index is 9.69. The molecule has 0 atom stereocenters. The zero-order chi connectivity index (χ0) is 12.6. The Bertz CT molecular complexity index is 222. The second-order valence-corrected chi connectivity index (χ2v) is 4.05. The maximum atomic E-state index is 9.69. The van der Waals surface area contributed by atoms with Crippen molar-refractivity contribution in [1.29, 1.82) is 0 Å². The summed E-state index contributed by atoms with van der Waals surface area (Å²) in [7, 11) is 5.39. The summed E-state index contributed by atoms with van der Waals surface area (Å²) < 4.78 is 3.77. The van der Waals surface area contributed by atoms with Gasteiger partial charge in [0.2, 0.25) is 0 Å². The van der Waals surface area contributed by atoms with Gasteiger partial charge in [0, 0.05) is 6.04 Å².